The van der Waals surface area contributed by atoms with Crippen LogP contribution in [0.2, 0.25) is 0 Å². The molecule has 5 rings (SSSR count). The highest BCUT2D eigenvalue weighted by Gasteiger charge is 2.64. The lowest BCUT2D eigenvalue weighted by Gasteiger charge is -2.48. The van der Waals surface area contributed by atoms with Gasteiger partial charge in [-0.2, -0.15) is 0 Å². The SMILES string of the molecule is CCOC(=O)c1c(C)[nH]c(C(=O)COC(=O)C23CCC(=O)N2c2ccccc2C(=O)N3C2CC2)c1C. The first-order valence-electron chi connectivity index (χ1n) is 12.0. The van der Waals surface area contributed by atoms with Gasteiger partial charge in [0.1, 0.15) is 0 Å². The number of aromatic amines is 1. The number of aromatic nitrogens is 1. The summed E-state index contributed by atoms with van der Waals surface area (Å²) in [5.74, 6) is -2.50. The summed E-state index contributed by atoms with van der Waals surface area (Å²) >= 11 is 0. The zero-order valence-corrected chi connectivity index (χ0v) is 20.4. The molecule has 1 saturated carbocycles. The van der Waals surface area contributed by atoms with Crippen molar-refractivity contribution in [1.82, 2.24) is 9.88 Å². The number of fused-ring (bicyclic) bond motifs is 3. The maximum atomic E-state index is 13.7. The monoisotopic (exact) mass is 493 g/mol. The standard InChI is InChI=1S/C26H27N3O7/c1-4-35-24(33)21-14(2)22(27-15(21)3)19(30)13-36-25(34)26-12-11-20(31)29(26)18-8-6-5-7-17(18)23(32)28(26)16-9-10-16/h5-8,16,27H,4,9-13H2,1-3H3. The number of benzene rings is 1. The Hall–Kier alpha value is -3.95. The fraction of sp³-hybridized carbons (Fsp3) is 0.423. The van der Waals surface area contributed by atoms with E-state index in [2.05, 4.69) is 4.98 Å². The van der Waals surface area contributed by atoms with Crippen LogP contribution in [0, 0.1) is 13.8 Å². The van der Waals surface area contributed by atoms with E-state index in [-0.39, 0.29) is 48.6 Å². The van der Waals surface area contributed by atoms with E-state index in [1.807, 2.05) is 0 Å². The highest BCUT2D eigenvalue weighted by Crippen LogP contribution is 2.49. The summed E-state index contributed by atoms with van der Waals surface area (Å²) < 4.78 is 10.6. The maximum absolute atomic E-state index is 13.7. The number of esters is 2. The van der Waals surface area contributed by atoms with Gasteiger partial charge in [0.2, 0.25) is 17.4 Å². The van der Waals surface area contributed by atoms with Gasteiger partial charge >= 0.3 is 11.9 Å². The van der Waals surface area contributed by atoms with Gasteiger partial charge in [0.15, 0.2) is 6.61 Å². The van der Waals surface area contributed by atoms with Crippen LogP contribution in [0.25, 0.3) is 0 Å². The number of nitrogens with one attached hydrogen (secondary N) is 1. The Kier molecular flexibility index (Phi) is 5.69. The number of carbonyl (C=O) groups excluding carboxylic acids is 5. The number of H-pyrrole nitrogens is 1. The fourth-order valence-corrected chi connectivity index (χ4v) is 5.37. The molecule has 3 heterocycles. The van der Waals surface area contributed by atoms with Crippen molar-refractivity contribution in [2.45, 2.75) is 58.2 Å². The molecule has 1 saturated heterocycles. The summed E-state index contributed by atoms with van der Waals surface area (Å²) in [5.41, 5.74) is 0.408. The predicted molar refractivity (Wildman–Crippen MR) is 127 cm³/mol. The predicted octanol–water partition coefficient (Wildman–Crippen LogP) is 2.68. The minimum absolute atomic E-state index is 0.0751. The number of hydrogen-bond acceptors (Lipinski definition) is 7. The van der Waals surface area contributed by atoms with E-state index in [0.29, 0.717) is 22.5 Å². The molecule has 0 spiro atoms. The minimum Gasteiger partial charge on any atom is -0.462 e. The number of Topliss-reactive ketones (excluding diaryl/α,β-unsaturated/α-hetero) is 1. The van der Waals surface area contributed by atoms with Crippen LogP contribution in [0.1, 0.15) is 75.1 Å². The van der Waals surface area contributed by atoms with Crippen molar-refractivity contribution in [3.63, 3.8) is 0 Å². The van der Waals surface area contributed by atoms with Crippen molar-refractivity contribution in [3.05, 3.63) is 52.3 Å². The molecule has 0 radical (unpaired) electrons. The smallest absolute Gasteiger partial charge is 0.354 e. The number of nitrogens with zero attached hydrogens (tertiary/aromatic N) is 2. The number of carbonyl (C=O) groups is 5. The van der Waals surface area contributed by atoms with Crippen LogP contribution in [0.4, 0.5) is 5.69 Å². The highest BCUT2D eigenvalue weighted by molar-refractivity contribution is 6.16. The topological polar surface area (TPSA) is 126 Å². The van der Waals surface area contributed by atoms with Crippen LogP contribution in [0.3, 0.4) is 0 Å². The molecule has 188 valence electrons. The van der Waals surface area contributed by atoms with Crippen molar-refractivity contribution in [2.24, 2.45) is 0 Å². The van der Waals surface area contributed by atoms with Gasteiger partial charge < -0.3 is 19.4 Å². The molecule has 1 aromatic carbocycles. The van der Waals surface area contributed by atoms with Crippen molar-refractivity contribution in [1.29, 1.82) is 0 Å². The van der Waals surface area contributed by atoms with E-state index >= 15 is 0 Å². The number of ketones is 1. The van der Waals surface area contributed by atoms with Crippen LogP contribution < -0.4 is 4.90 Å². The van der Waals surface area contributed by atoms with E-state index in [9.17, 15) is 24.0 Å². The third kappa shape index (κ3) is 3.42. The Morgan fingerprint density at radius 3 is 2.53 bits per heavy atom. The van der Waals surface area contributed by atoms with Gasteiger partial charge in [-0.05, 0) is 51.3 Å². The van der Waals surface area contributed by atoms with Gasteiger partial charge in [0.05, 0.1) is 29.1 Å². The molecule has 1 N–H and O–H groups in total. The number of aryl methyl sites for hydroxylation is 1. The lowest BCUT2D eigenvalue weighted by atomic mass is 9.96. The Morgan fingerprint density at radius 2 is 1.83 bits per heavy atom. The van der Waals surface area contributed by atoms with E-state index in [0.717, 1.165) is 12.8 Å². The molecular weight excluding hydrogens is 466 g/mol. The first kappa shape index (κ1) is 23.8. The van der Waals surface area contributed by atoms with Gasteiger partial charge in [-0.1, -0.05) is 12.1 Å². The van der Waals surface area contributed by atoms with Crippen LogP contribution >= 0.6 is 0 Å². The van der Waals surface area contributed by atoms with Gasteiger partial charge in [-0.15, -0.1) is 0 Å². The molecule has 1 unspecified atom stereocenters. The maximum Gasteiger partial charge on any atom is 0.354 e. The first-order chi connectivity index (χ1) is 17.2. The average Bonchev–Trinajstić information content (AvgIpc) is 3.56. The Labute approximate surface area is 207 Å². The summed E-state index contributed by atoms with van der Waals surface area (Å²) in [6.07, 6.45) is 1.61. The molecule has 36 heavy (non-hydrogen) atoms. The highest BCUT2D eigenvalue weighted by atomic mass is 16.5. The van der Waals surface area contributed by atoms with Crippen molar-refractivity contribution in [2.75, 3.05) is 18.1 Å². The normalized spacial score (nSPS) is 20.8. The van der Waals surface area contributed by atoms with E-state index < -0.39 is 30.0 Å². The molecule has 0 bridgehead atoms. The molecule has 1 aliphatic carbocycles. The van der Waals surface area contributed by atoms with E-state index in [1.54, 1.807) is 45.0 Å². The summed E-state index contributed by atoms with van der Waals surface area (Å²) in [7, 11) is 0. The third-order valence-electron chi connectivity index (χ3n) is 7.07. The van der Waals surface area contributed by atoms with Crippen molar-refractivity contribution < 1.29 is 33.4 Å². The Balaban J connectivity index is 1.44. The van der Waals surface area contributed by atoms with Gasteiger partial charge in [-0.3, -0.25) is 19.3 Å². The molecule has 2 fully saturated rings. The van der Waals surface area contributed by atoms with Crippen LogP contribution in [-0.4, -0.2) is 64.3 Å². The second-order valence-corrected chi connectivity index (χ2v) is 9.31. The molecule has 1 atom stereocenters. The molecule has 2 aliphatic heterocycles. The number of rotatable bonds is 7. The molecular formula is C26H27N3O7. The van der Waals surface area contributed by atoms with Crippen LogP contribution in [-0.2, 0) is 19.1 Å². The number of ether oxygens (including phenoxy) is 2. The summed E-state index contributed by atoms with van der Waals surface area (Å²) in [6, 6.07) is 6.55. The zero-order valence-electron chi connectivity index (χ0n) is 20.4. The number of anilines is 1. The van der Waals surface area contributed by atoms with E-state index in [4.69, 9.17) is 9.47 Å². The van der Waals surface area contributed by atoms with Gasteiger partial charge in [0.25, 0.3) is 5.91 Å². The lowest BCUT2D eigenvalue weighted by Crippen LogP contribution is -2.69. The second-order valence-electron chi connectivity index (χ2n) is 9.31. The van der Waals surface area contributed by atoms with Crippen molar-refractivity contribution >= 4 is 35.2 Å². The fourth-order valence-electron chi connectivity index (χ4n) is 5.37. The summed E-state index contributed by atoms with van der Waals surface area (Å²) in [6.45, 7) is 4.55. The number of para-hydroxylation sites is 1. The van der Waals surface area contributed by atoms with Crippen LogP contribution in [0.15, 0.2) is 24.3 Å². The molecule has 2 amide bonds. The Morgan fingerprint density at radius 1 is 1.11 bits per heavy atom. The Bertz CT molecular complexity index is 1310. The zero-order chi connectivity index (χ0) is 25.8. The molecule has 10 heteroatoms. The largest absolute Gasteiger partial charge is 0.462 e. The molecule has 1 aromatic heterocycles. The number of hydrogen-bond donors (Lipinski definition) is 1. The van der Waals surface area contributed by atoms with E-state index in [1.165, 1.54) is 9.80 Å². The average molecular weight is 494 g/mol. The van der Waals surface area contributed by atoms with Crippen molar-refractivity contribution in [3.8, 4) is 0 Å². The minimum atomic E-state index is -1.62. The van der Waals surface area contributed by atoms with Gasteiger partial charge in [0, 0.05) is 24.6 Å². The third-order valence-corrected chi connectivity index (χ3v) is 7.07. The number of amides is 2. The lowest BCUT2D eigenvalue weighted by molar-refractivity contribution is -0.156. The summed E-state index contributed by atoms with van der Waals surface area (Å²) in [5, 5.41) is 0. The first-order valence-corrected chi connectivity index (χ1v) is 12.0. The van der Waals surface area contributed by atoms with Gasteiger partial charge in [-0.25, -0.2) is 9.59 Å². The molecule has 3 aliphatic rings. The van der Waals surface area contributed by atoms with Crippen LogP contribution in [0.5, 0.6) is 0 Å². The quantitative estimate of drug-likeness (QED) is 0.464. The summed E-state index contributed by atoms with van der Waals surface area (Å²) in [4.78, 5) is 71.2. The molecule has 2 aromatic rings. The molecule has 10 nitrogen and oxygen atoms in total. The second kappa shape index (κ2) is 8.61.